The Bertz CT molecular complexity index is 1210. The van der Waals surface area contributed by atoms with Crippen LogP contribution < -0.4 is 20.1 Å². The zero-order valence-electron chi connectivity index (χ0n) is 18.4. The molecule has 3 aromatic rings. The number of rotatable bonds is 4. The molecule has 2 atom stereocenters. The van der Waals surface area contributed by atoms with Crippen LogP contribution in [0.4, 0.5) is 11.4 Å². The second kappa shape index (κ2) is 8.11. The molecule has 1 aromatic heterocycles. The van der Waals surface area contributed by atoms with Gasteiger partial charge in [-0.1, -0.05) is 18.2 Å². The maximum absolute atomic E-state index is 13.5. The SMILES string of the molecule is COc1ccc([C@H]2CC(=O)C3=C(C2)Nc2ccccc2N[C@H]3c2ccc(C)o2)cc1OC. The molecule has 1 aliphatic carbocycles. The molecule has 0 radical (unpaired) electrons. The third kappa shape index (κ3) is 3.51. The summed E-state index contributed by atoms with van der Waals surface area (Å²) >= 11 is 0. The van der Waals surface area contributed by atoms with E-state index in [9.17, 15) is 4.79 Å². The van der Waals surface area contributed by atoms with Crippen LogP contribution in [0.3, 0.4) is 0 Å². The summed E-state index contributed by atoms with van der Waals surface area (Å²) in [4.78, 5) is 13.5. The lowest BCUT2D eigenvalue weighted by molar-refractivity contribution is -0.116. The molecule has 0 spiro atoms. The highest BCUT2D eigenvalue weighted by molar-refractivity contribution is 6.01. The van der Waals surface area contributed by atoms with Gasteiger partial charge >= 0.3 is 0 Å². The molecule has 0 bridgehead atoms. The van der Waals surface area contributed by atoms with Crippen molar-refractivity contribution in [3.05, 3.63) is 83.0 Å². The van der Waals surface area contributed by atoms with Crippen LogP contribution in [0.25, 0.3) is 0 Å². The van der Waals surface area contributed by atoms with Gasteiger partial charge in [-0.05, 0) is 61.2 Å². The number of nitrogens with one attached hydrogen (secondary N) is 2. The number of fused-ring (bicyclic) bond motifs is 1. The molecule has 5 rings (SSSR count). The normalized spacial score (nSPS) is 19.9. The first-order valence-corrected chi connectivity index (χ1v) is 10.7. The van der Waals surface area contributed by atoms with Gasteiger partial charge in [-0.3, -0.25) is 4.79 Å². The molecule has 0 saturated carbocycles. The second-order valence-corrected chi connectivity index (χ2v) is 8.23. The third-order valence-electron chi connectivity index (χ3n) is 6.23. The van der Waals surface area contributed by atoms with E-state index in [2.05, 4.69) is 10.6 Å². The topological polar surface area (TPSA) is 72.7 Å². The first-order valence-electron chi connectivity index (χ1n) is 10.7. The van der Waals surface area contributed by atoms with E-state index < -0.39 is 0 Å². The highest BCUT2D eigenvalue weighted by atomic mass is 16.5. The number of carbonyl (C=O) groups excluding carboxylic acids is 1. The Balaban J connectivity index is 1.57. The molecule has 2 aliphatic rings. The lowest BCUT2D eigenvalue weighted by Crippen LogP contribution is -2.26. The summed E-state index contributed by atoms with van der Waals surface area (Å²) in [7, 11) is 3.24. The van der Waals surface area contributed by atoms with Crippen molar-refractivity contribution in [3.63, 3.8) is 0 Å². The van der Waals surface area contributed by atoms with Gasteiger partial charge in [-0.2, -0.15) is 0 Å². The van der Waals surface area contributed by atoms with Crippen LogP contribution in [-0.4, -0.2) is 20.0 Å². The van der Waals surface area contributed by atoms with Crippen LogP contribution in [0.5, 0.6) is 11.5 Å². The highest BCUT2D eigenvalue weighted by Gasteiger charge is 2.37. The number of Topliss-reactive ketones (excluding diaryl/α,β-unsaturated/α-hetero) is 1. The fourth-order valence-electron chi connectivity index (χ4n) is 4.66. The van der Waals surface area contributed by atoms with E-state index in [-0.39, 0.29) is 17.7 Å². The van der Waals surface area contributed by atoms with Crippen molar-refractivity contribution in [2.24, 2.45) is 0 Å². The molecule has 1 aliphatic heterocycles. The van der Waals surface area contributed by atoms with E-state index in [1.165, 1.54) is 0 Å². The fourth-order valence-corrected chi connectivity index (χ4v) is 4.66. The number of methoxy groups -OCH3 is 2. The molecule has 0 amide bonds. The number of benzene rings is 2. The van der Waals surface area contributed by atoms with Gasteiger partial charge in [0.15, 0.2) is 17.3 Å². The minimum absolute atomic E-state index is 0.0396. The summed E-state index contributed by atoms with van der Waals surface area (Å²) in [6.45, 7) is 1.91. The van der Waals surface area contributed by atoms with Gasteiger partial charge in [0.2, 0.25) is 0 Å². The van der Waals surface area contributed by atoms with Crippen molar-refractivity contribution in [3.8, 4) is 11.5 Å². The van der Waals surface area contributed by atoms with Crippen molar-refractivity contribution in [2.45, 2.75) is 31.7 Å². The maximum Gasteiger partial charge on any atom is 0.163 e. The zero-order valence-corrected chi connectivity index (χ0v) is 18.4. The van der Waals surface area contributed by atoms with E-state index in [0.29, 0.717) is 24.3 Å². The minimum atomic E-state index is -0.339. The van der Waals surface area contributed by atoms with Crippen LogP contribution in [0.15, 0.2) is 70.3 Å². The van der Waals surface area contributed by atoms with Crippen molar-refractivity contribution in [2.75, 3.05) is 24.9 Å². The predicted octanol–water partition coefficient (Wildman–Crippen LogP) is 5.58. The van der Waals surface area contributed by atoms with Crippen molar-refractivity contribution in [1.82, 2.24) is 0 Å². The summed E-state index contributed by atoms with van der Waals surface area (Å²) in [6, 6.07) is 17.4. The molecule has 6 heteroatoms. The van der Waals surface area contributed by atoms with Gasteiger partial charge in [0.1, 0.15) is 17.6 Å². The molecule has 6 nitrogen and oxygen atoms in total. The molecule has 2 N–H and O–H groups in total. The third-order valence-corrected chi connectivity index (χ3v) is 6.23. The average Bonchev–Trinajstić information content (AvgIpc) is 3.16. The standard InChI is InChI=1S/C26H26N2O4/c1-15-8-10-23(32-15)26-25-20(27-18-6-4-5-7-19(18)28-26)12-17(13-21(25)29)16-9-11-22(30-2)24(14-16)31-3/h4-11,14,17,26-28H,12-13H2,1-3H3/t17-,26+/m1/s1. The monoisotopic (exact) mass is 430 g/mol. The summed E-state index contributed by atoms with van der Waals surface area (Å²) < 4.78 is 16.8. The number of hydrogen-bond acceptors (Lipinski definition) is 6. The van der Waals surface area contributed by atoms with Gasteiger partial charge in [0, 0.05) is 17.7 Å². The predicted molar refractivity (Wildman–Crippen MR) is 123 cm³/mol. The Hall–Kier alpha value is -3.67. The summed E-state index contributed by atoms with van der Waals surface area (Å²) in [5.74, 6) is 3.06. The summed E-state index contributed by atoms with van der Waals surface area (Å²) in [5.41, 5.74) is 4.62. The number of para-hydroxylation sites is 2. The quantitative estimate of drug-likeness (QED) is 0.563. The van der Waals surface area contributed by atoms with E-state index in [4.69, 9.17) is 13.9 Å². The van der Waals surface area contributed by atoms with Gasteiger partial charge in [0.25, 0.3) is 0 Å². The number of allylic oxidation sites excluding steroid dienone is 1. The van der Waals surface area contributed by atoms with Gasteiger partial charge in [-0.15, -0.1) is 0 Å². The van der Waals surface area contributed by atoms with Gasteiger partial charge in [0.05, 0.1) is 25.6 Å². The number of aryl methyl sites for hydroxylation is 1. The Morgan fingerprint density at radius 1 is 0.938 bits per heavy atom. The Morgan fingerprint density at radius 2 is 1.72 bits per heavy atom. The molecule has 2 heterocycles. The molecule has 0 fully saturated rings. The largest absolute Gasteiger partial charge is 0.493 e. The number of furan rings is 1. The molecule has 0 unspecified atom stereocenters. The summed E-state index contributed by atoms with van der Waals surface area (Å²) in [5, 5.41) is 7.08. The molecule has 164 valence electrons. The number of carbonyl (C=O) groups is 1. The van der Waals surface area contributed by atoms with Crippen molar-refractivity contribution < 1.29 is 18.7 Å². The number of anilines is 2. The van der Waals surface area contributed by atoms with Gasteiger partial charge < -0.3 is 24.5 Å². The second-order valence-electron chi connectivity index (χ2n) is 8.23. The fraction of sp³-hybridized carbons (Fsp3) is 0.269. The van der Waals surface area contributed by atoms with Crippen LogP contribution in [0.1, 0.15) is 41.9 Å². The van der Waals surface area contributed by atoms with Crippen LogP contribution in [0, 0.1) is 6.92 Å². The Morgan fingerprint density at radius 3 is 2.44 bits per heavy atom. The first-order chi connectivity index (χ1) is 15.6. The van der Waals surface area contributed by atoms with E-state index in [0.717, 1.165) is 39.7 Å². The highest BCUT2D eigenvalue weighted by Crippen LogP contribution is 2.45. The molecule has 32 heavy (non-hydrogen) atoms. The molecular formula is C26H26N2O4. The number of ketones is 1. The van der Waals surface area contributed by atoms with Crippen LogP contribution >= 0.6 is 0 Å². The van der Waals surface area contributed by atoms with Gasteiger partial charge in [-0.25, -0.2) is 0 Å². The smallest absolute Gasteiger partial charge is 0.163 e. The summed E-state index contributed by atoms with van der Waals surface area (Å²) in [6.07, 6.45) is 1.13. The van der Waals surface area contributed by atoms with Crippen molar-refractivity contribution >= 4 is 17.2 Å². The van der Waals surface area contributed by atoms with E-state index in [1.807, 2.05) is 61.5 Å². The number of ether oxygens (including phenoxy) is 2. The molecule has 2 aromatic carbocycles. The Kier molecular flexibility index (Phi) is 5.13. The van der Waals surface area contributed by atoms with Crippen LogP contribution in [-0.2, 0) is 4.79 Å². The van der Waals surface area contributed by atoms with E-state index >= 15 is 0 Å². The first kappa shape index (κ1) is 20.2. The lowest BCUT2D eigenvalue weighted by Gasteiger charge is -2.29. The zero-order chi connectivity index (χ0) is 22.2. The average molecular weight is 431 g/mol. The number of hydrogen-bond donors (Lipinski definition) is 2. The van der Waals surface area contributed by atoms with Crippen LogP contribution in [0.2, 0.25) is 0 Å². The maximum atomic E-state index is 13.5. The van der Waals surface area contributed by atoms with E-state index in [1.54, 1.807) is 14.2 Å². The molecular weight excluding hydrogens is 404 g/mol. The lowest BCUT2D eigenvalue weighted by atomic mass is 9.79. The molecule has 0 saturated heterocycles. The Labute approximate surface area is 187 Å². The van der Waals surface area contributed by atoms with Crippen molar-refractivity contribution in [1.29, 1.82) is 0 Å². The minimum Gasteiger partial charge on any atom is -0.493 e.